The molecule has 0 spiro atoms. The molecule has 1 aromatic heterocycles. The van der Waals surface area contributed by atoms with Crippen LogP contribution in [0.3, 0.4) is 0 Å². The topological polar surface area (TPSA) is 60.5 Å². The van der Waals surface area contributed by atoms with Gasteiger partial charge in [-0.3, -0.25) is 10.1 Å². The van der Waals surface area contributed by atoms with E-state index in [0.29, 0.717) is 22.4 Å². The standard InChI is InChI=1S/C21H22N2O3S/c1-13(2)14-5-7-15(8-6-14)20(24)23-21-22-18(12-27-21)17-11-16(25-3)9-10-19(17)26-4/h5-13H,1-4H3,(H,22,23,24). The van der Waals surface area contributed by atoms with Crippen LogP contribution in [0, 0.1) is 0 Å². The van der Waals surface area contributed by atoms with Gasteiger partial charge in [0.2, 0.25) is 0 Å². The maximum Gasteiger partial charge on any atom is 0.257 e. The van der Waals surface area contributed by atoms with E-state index in [9.17, 15) is 4.79 Å². The van der Waals surface area contributed by atoms with Crippen molar-refractivity contribution in [3.63, 3.8) is 0 Å². The summed E-state index contributed by atoms with van der Waals surface area (Å²) in [5.41, 5.74) is 3.35. The Morgan fingerprint density at radius 2 is 1.81 bits per heavy atom. The molecule has 0 saturated heterocycles. The second-order valence-corrected chi connectivity index (χ2v) is 7.19. The van der Waals surface area contributed by atoms with E-state index >= 15 is 0 Å². The molecule has 6 heteroatoms. The number of benzene rings is 2. The number of rotatable bonds is 6. The Morgan fingerprint density at radius 1 is 1.07 bits per heavy atom. The van der Waals surface area contributed by atoms with Crippen LogP contribution < -0.4 is 14.8 Å². The van der Waals surface area contributed by atoms with Crippen LogP contribution in [0.15, 0.2) is 47.8 Å². The summed E-state index contributed by atoms with van der Waals surface area (Å²) in [6.45, 7) is 4.25. The van der Waals surface area contributed by atoms with Crippen LogP contribution in [-0.2, 0) is 0 Å². The van der Waals surface area contributed by atoms with Crippen LogP contribution in [-0.4, -0.2) is 25.1 Å². The molecule has 140 valence electrons. The molecule has 2 aromatic carbocycles. The van der Waals surface area contributed by atoms with Gasteiger partial charge in [-0.05, 0) is 41.8 Å². The van der Waals surface area contributed by atoms with Crippen molar-refractivity contribution in [3.05, 3.63) is 59.0 Å². The van der Waals surface area contributed by atoms with Crippen molar-refractivity contribution < 1.29 is 14.3 Å². The average Bonchev–Trinajstić information content (AvgIpc) is 3.15. The van der Waals surface area contributed by atoms with Gasteiger partial charge in [0.05, 0.1) is 19.9 Å². The number of thiazole rings is 1. The van der Waals surface area contributed by atoms with Crippen molar-refractivity contribution in [2.45, 2.75) is 19.8 Å². The lowest BCUT2D eigenvalue weighted by molar-refractivity contribution is 0.102. The zero-order valence-electron chi connectivity index (χ0n) is 15.8. The van der Waals surface area contributed by atoms with Crippen molar-refractivity contribution in [3.8, 4) is 22.8 Å². The Bertz CT molecular complexity index is 933. The number of nitrogens with one attached hydrogen (secondary N) is 1. The van der Waals surface area contributed by atoms with Gasteiger partial charge in [0.1, 0.15) is 11.5 Å². The average molecular weight is 382 g/mol. The largest absolute Gasteiger partial charge is 0.497 e. The van der Waals surface area contributed by atoms with E-state index in [4.69, 9.17) is 9.47 Å². The van der Waals surface area contributed by atoms with Gasteiger partial charge < -0.3 is 9.47 Å². The number of aromatic nitrogens is 1. The van der Waals surface area contributed by atoms with E-state index in [1.54, 1.807) is 14.2 Å². The molecule has 3 aromatic rings. The number of methoxy groups -OCH3 is 2. The molecule has 27 heavy (non-hydrogen) atoms. The third-order valence-electron chi connectivity index (χ3n) is 4.25. The summed E-state index contributed by atoms with van der Waals surface area (Å²) in [7, 11) is 3.23. The predicted octanol–water partition coefficient (Wildman–Crippen LogP) is 5.20. The van der Waals surface area contributed by atoms with Gasteiger partial charge in [-0.1, -0.05) is 26.0 Å². The highest BCUT2D eigenvalue weighted by Gasteiger charge is 2.14. The zero-order chi connectivity index (χ0) is 19.4. The molecule has 0 saturated carbocycles. The van der Waals surface area contributed by atoms with Crippen molar-refractivity contribution in [1.82, 2.24) is 4.98 Å². The van der Waals surface area contributed by atoms with E-state index in [0.717, 1.165) is 17.0 Å². The first kappa shape index (κ1) is 18.9. The number of hydrogen-bond acceptors (Lipinski definition) is 5. The Labute approximate surface area is 163 Å². The summed E-state index contributed by atoms with van der Waals surface area (Å²) in [5, 5.41) is 5.28. The Morgan fingerprint density at radius 3 is 2.44 bits per heavy atom. The fourth-order valence-electron chi connectivity index (χ4n) is 2.66. The predicted molar refractivity (Wildman–Crippen MR) is 109 cm³/mol. The van der Waals surface area contributed by atoms with Gasteiger partial charge in [-0.25, -0.2) is 4.98 Å². The van der Waals surface area contributed by atoms with Gasteiger partial charge in [0.15, 0.2) is 5.13 Å². The highest BCUT2D eigenvalue weighted by molar-refractivity contribution is 7.14. The fourth-order valence-corrected chi connectivity index (χ4v) is 3.36. The van der Waals surface area contributed by atoms with Gasteiger partial charge in [-0.15, -0.1) is 11.3 Å². The number of hydrogen-bond donors (Lipinski definition) is 1. The summed E-state index contributed by atoms with van der Waals surface area (Å²) in [5.74, 6) is 1.67. The van der Waals surface area contributed by atoms with Crippen LogP contribution in [0.25, 0.3) is 11.3 Å². The second kappa shape index (κ2) is 8.22. The number of amides is 1. The second-order valence-electron chi connectivity index (χ2n) is 6.33. The minimum absolute atomic E-state index is 0.177. The number of carbonyl (C=O) groups excluding carboxylic acids is 1. The molecule has 0 aliphatic rings. The molecule has 0 unspecified atom stereocenters. The van der Waals surface area contributed by atoms with Crippen molar-refractivity contribution >= 4 is 22.4 Å². The first-order valence-electron chi connectivity index (χ1n) is 8.61. The smallest absolute Gasteiger partial charge is 0.257 e. The number of nitrogens with zero attached hydrogens (tertiary/aromatic N) is 1. The molecule has 0 fully saturated rings. The summed E-state index contributed by atoms with van der Waals surface area (Å²) in [4.78, 5) is 17.0. The molecule has 0 bridgehead atoms. The van der Waals surface area contributed by atoms with Crippen LogP contribution in [0.1, 0.15) is 35.7 Å². The lowest BCUT2D eigenvalue weighted by Gasteiger charge is -2.08. The normalized spacial score (nSPS) is 10.7. The highest BCUT2D eigenvalue weighted by atomic mass is 32.1. The zero-order valence-corrected chi connectivity index (χ0v) is 16.6. The van der Waals surface area contributed by atoms with Crippen molar-refractivity contribution in [1.29, 1.82) is 0 Å². The number of carbonyl (C=O) groups is 1. The molecule has 0 atom stereocenters. The number of anilines is 1. The van der Waals surface area contributed by atoms with E-state index < -0.39 is 0 Å². The maximum atomic E-state index is 12.5. The summed E-state index contributed by atoms with van der Waals surface area (Å²) < 4.78 is 10.7. The first-order valence-corrected chi connectivity index (χ1v) is 9.49. The molecule has 5 nitrogen and oxygen atoms in total. The summed E-state index contributed by atoms with van der Waals surface area (Å²) >= 11 is 1.37. The first-order chi connectivity index (χ1) is 13.0. The highest BCUT2D eigenvalue weighted by Crippen LogP contribution is 2.35. The van der Waals surface area contributed by atoms with E-state index in [1.807, 2.05) is 47.8 Å². The quantitative estimate of drug-likeness (QED) is 0.636. The van der Waals surface area contributed by atoms with Crippen LogP contribution >= 0.6 is 11.3 Å². The molecule has 0 radical (unpaired) electrons. The van der Waals surface area contributed by atoms with E-state index in [-0.39, 0.29) is 5.91 Å². The van der Waals surface area contributed by atoms with Crippen LogP contribution in [0.4, 0.5) is 5.13 Å². The molecular formula is C21H22N2O3S. The molecule has 0 aliphatic carbocycles. The molecular weight excluding hydrogens is 360 g/mol. The Balaban J connectivity index is 1.79. The van der Waals surface area contributed by atoms with Gasteiger partial charge in [0.25, 0.3) is 5.91 Å². The van der Waals surface area contributed by atoms with Gasteiger partial charge in [-0.2, -0.15) is 0 Å². The van der Waals surface area contributed by atoms with Crippen LogP contribution in [0.5, 0.6) is 11.5 Å². The minimum atomic E-state index is -0.177. The maximum absolute atomic E-state index is 12.5. The monoisotopic (exact) mass is 382 g/mol. The molecule has 1 amide bonds. The van der Waals surface area contributed by atoms with Gasteiger partial charge in [0, 0.05) is 16.5 Å². The third-order valence-corrected chi connectivity index (χ3v) is 5.00. The van der Waals surface area contributed by atoms with Crippen LogP contribution in [0.2, 0.25) is 0 Å². The Kier molecular flexibility index (Phi) is 5.76. The van der Waals surface area contributed by atoms with Gasteiger partial charge >= 0.3 is 0 Å². The van der Waals surface area contributed by atoms with Crippen molar-refractivity contribution in [2.24, 2.45) is 0 Å². The molecule has 0 aliphatic heterocycles. The Hall–Kier alpha value is -2.86. The third kappa shape index (κ3) is 4.28. The molecule has 1 N–H and O–H groups in total. The molecule has 1 heterocycles. The lowest BCUT2D eigenvalue weighted by atomic mass is 10.0. The SMILES string of the molecule is COc1ccc(OC)c(-c2csc(NC(=O)c3ccc(C(C)C)cc3)n2)c1. The fraction of sp³-hybridized carbons (Fsp3) is 0.238. The van der Waals surface area contributed by atoms with E-state index in [2.05, 4.69) is 24.1 Å². The summed E-state index contributed by atoms with van der Waals surface area (Å²) in [6.07, 6.45) is 0. The minimum Gasteiger partial charge on any atom is -0.497 e. The number of ether oxygens (including phenoxy) is 2. The van der Waals surface area contributed by atoms with Crippen molar-refractivity contribution in [2.75, 3.05) is 19.5 Å². The van der Waals surface area contributed by atoms with E-state index in [1.165, 1.54) is 16.9 Å². The molecule has 3 rings (SSSR count). The summed E-state index contributed by atoms with van der Waals surface area (Å²) in [6, 6.07) is 13.2. The lowest BCUT2D eigenvalue weighted by Crippen LogP contribution is -2.11.